The lowest BCUT2D eigenvalue weighted by atomic mass is 10.1. The molecule has 4 heteroatoms. The van der Waals surface area contributed by atoms with E-state index in [1.807, 2.05) is 72.9 Å². The summed E-state index contributed by atoms with van der Waals surface area (Å²) in [5, 5.41) is 3.44. The molecule has 1 atom stereocenters. The first-order chi connectivity index (χ1) is 15.8. The number of carbonyl (C=O) groups excluding carboxylic acids is 1. The van der Waals surface area contributed by atoms with Crippen LogP contribution in [-0.4, -0.2) is 16.9 Å². The Morgan fingerprint density at radius 2 is 1.53 bits per heavy atom. The molecule has 1 aliphatic heterocycles. The Morgan fingerprint density at radius 1 is 0.875 bits per heavy atom. The molecule has 1 aliphatic rings. The zero-order chi connectivity index (χ0) is 21.8. The molecular weight excluding hydrogens is 394 g/mol. The quantitative estimate of drug-likeness (QED) is 0.440. The number of anilines is 1. The highest BCUT2D eigenvalue weighted by molar-refractivity contribution is 5.82. The molecule has 156 valence electrons. The lowest BCUT2D eigenvalue weighted by Gasteiger charge is -2.07. The minimum absolute atomic E-state index is 0.0478. The van der Waals surface area contributed by atoms with Gasteiger partial charge < -0.3 is 0 Å². The Balaban J connectivity index is 1.47. The van der Waals surface area contributed by atoms with Crippen LogP contribution in [0.15, 0.2) is 103 Å². The summed E-state index contributed by atoms with van der Waals surface area (Å²) >= 11 is 0. The molecule has 3 aromatic carbocycles. The van der Waals surface area contributed by atoms with Gasteiger partial charge in [0.1, 0.15) is 17.6 Å². The van der Waals surface area contributed by atoms with E-state index in [9.17, 15) is 4.79 Å². The number of benzene rings is 3. The van der Waals surface area contributed by atoms with Crippen LogP contribution >= 0.6 is 0 Å². The first-order valence-electron chi connectivity index (χ1n) is 10.9. The molecule has 1 aromatic heterocycles. The van der Waals surface area contributed by atoms with Crippen molar-refractivity contribution >= 4 is 17.8 Å². The molecule has 0 bridgehead atoms. The van der Waals surface area contributed by atoms with Crippen molar-refractivity contribution in [2.45, 2.75) is 18.9 Å². The maximum absolute atomic E-state index is 13.3. The summed E-state index contributed by atoms with van der Waals surface area (Å²) in [5.74, 6) is 0.836. The van der Waals surface area contributed by atoms with Crippen LogP contribution in [0.25, 0.3) is 17.3 Å². The number of nitrogens with zero attached hydrogens (tertiary/aromatic N) is 2. The SMILES string of the molecule is O=C1C(C/C=C/c2ccccc2)Nc2c(Cc3ccccc3)nc(-c3ccccc3)c[n+]21. The van der Waals surface area contributed by atoms with E-state index in [1.54, 1.807) is 4.57 Å². The fraction of sp³-hybridized carbons (Fsp3) is 0.107. The second-order valence-corrected chi connectivity index (χ2v) is 7.90. The Hall–Kier alpha value is -4.05. The van der Waals surface area contributed by atoms with Gasteiger partial charge in [0.2, 0.25) is 0 Å². The van der Waals surface area contributed by atoms with Crippen molar-refractivity contribution in [2.24, 2.45) is 0 Å². The third-order valence-corrected chi connectivity index (χ3v) is 5.63. The monoisotopic (exact) mass is 418 g/mol. The van der Waals surface area contributed by atoms with Crippen molar-refractivity contribution in [1.29, 1.82) is 0 Å². The van der Waals surface area contributed by atoms with Gasteiger partial charge >= 0.3 is 11.7 Å². The summed E-state index contributed by atoms with van der Waals surface area (Å²) in [6, 6.07) is 30.1. The maximum atomic E-state index is 13.3. The van der Waals surface area contributed by atoms with Gasteiger partial charge in [-0.2, -0.15) is 4.57 Å². The van der Waals surface area contributed by atoms with Gasteiger partial charge in [0, 0.05) is 18.4 Å². The third kappa shape index (κ3) is 4.21. The molecule has 1 unspecified atom stereocenters. The van der Waals surface area contributed by atoms with Crippen molar-refractivity contribution < 1.29 is 9.36 Å². The third-order valence-electron chi connectivity index (χ3n) is 5.63. The number of nitrogens with one attached hydrogen (secondary N) is 1. The summed E-state index contributed by atoms with van der Waals surface area (Å²) in [7, 11) is 0. The van der Waals surface area contributed by atoms with E-state index < -0.39 is 0 Å². The largest absolute Gasteiger partial charge is 0.359 e. The molecule has 0 aliphatic carbocycles. The van der Waals surface area contributed by atoms with Gasteiger partial charge in [0.25, 0.3) is 0 Å². The van der Waals surface area contributed by atoms with Gasteiger partial charge in [0.15, 0.2) is 6.04 Å². The van der Waals surface area contributed by atoms with Crippen molar-refractivity contribution in [1.82, 2.24) is 4.98 Å². The summed E-state index contributed by atoms with van der Waals surface area (Å²) in [6.07, 6.45) is 7.24. The normalized spacial score (nSPS) is 15.0. The second-order valence-electron chi connectivity index (χ2n) is 7.90. The molecule has 0 radical (unpaired) electrons. The molecule has 2 heterocycles. The fourth-order valence-corrected chi connectivity index (χ4v) is 4.00. The minimum Gasteiger partial charge on any atom is -0.258 e. The van der Waals surface area contributed by atoms with E-state index in [1.165, 1.54) is 0 Å². The van der Waals surface area contributed by atoms with Crippen LogP contribution in [0.4, 0.5) is 5.82 Å². The molecule has 1 N–H and O–H groups in total. The van der Waals surface area contributed by atoms with Crippen LogP contribution in [0.5, 0.6) is 0 Å². The van der Waals surface area contributed by atoms with E-state index >= 15 is 0 Å². The minimum atomic E-state index is -0.308. The molecule has 5 rings (SSSR count). The van der Waals surface area contributed by atoms with E-state index in [4.69, 9.17) is 4.98 Å². The molecule has 0 amide bonds. The molecule has 0 saturated carbocycles. The lowest BCUT2D eigenvalue weighted by Crippen LogP contribution is -2.43. The number of hydrogen-bond acceptors (Lipinski definition) is 3. The number of hydrogen-bond donors (Lipinski definition) is 1. The van der Waals surface area contributed by atoms with Crippen molar-refractivity contribution in [3.63, 3.8) is 0 Å². The predicted molar refractivity (Wildman–Crippen MR) is 127 cm³/mol. The standard InChI is InChI=1S/C28H23N3O/c32-28-24(18-10-15-21-11-4-1-5-12-21)30-27-25(19-22-13-6-2-7-14-22)29-26(20-31(27)28)23-16-8-3-9-17-23/h1-17,20,24H,18-19H2/p+1/b15-10+. The number of rotatable bonds is 6. The van der Waals surface area contributed by atoms with Crippen molar-refractivity contribution in [3.05, 3.63) is 120 Å². The average Bonchev–Trinajstić information content (AvgIpc) is 3.17. The molecule has 4 nitrogen and oxygen atoms in total. The Morgan fingerprint density at radius 3 is 2.25 bits per heavy atom. The van der Waals surface area contributed by atoms with Crippen LogP contribution < -0.4 is 9.88 Å². The zero-order valence-electron chi connectivity index (χ0n) is 17.7. The second kappa shape index (κ2) is 8.98. The van der Waals surface area contributed by atoms with E-state index in [-0.39, 0.29) is 11.9 Å². The molecule has 0 spiro atoms. The Kier molecular flexibility index (Phi) is 5.58. The fourth-order valence-electron chi connectivity index (χ4n) is 4.00. The van der Waals surface area contributed by atoms with Crippen molar-refractivity contribution in [3.8, 4) is 11.3 Å². The van der Waals surface area contributed by atoms with Gasteiger partial charge in [-0.05, 0) is 11.1 Å². The molecule has 0 fully saturated rings. The van der Waals surface area contributed by atoms with Gasteiger partial charge in [-0.1, -0.05) is 103 Å². The van der Waals surface area contributed by atoms with Crippen LogP contribution in [-0.2, 0) is 6.42 Å². The molecule has 0 saturated heterocycles. The van der Waals surface area contributed by atoms with E-state index in [0.717, 1.165) is 33.9 Å². The van der Waals surface area contributed by atoms with Crippen LogP contribution in [0.3, 0.4) is 0 Å². The molecule has 4 aromatic rings. The van der Waals surface area contributed by atoms with Crippen LogP contribution in [0.2, 0.25) is 0 Å². The molecule has 32 heavy (non-hydrogen) atoms. The summed E-state index contributed by atoms with van der Waals surface area (Å²) < 4.78 is 1.74. The first-order valence-corrected chi connectivity index (χ1v) is 10.9. The lowest BCUT2D eigenvalue weighted by molar-refractivity contribution is -0.552. The summed E-state index contributed by atoms with van der Waals surface area (Å²) in [4.78, 5) is 18.2. The summed E-state index contributed by atoms with van der Waals surface area (Å²) in [6.45, 7) is 0. The zero-order valence-corrected chi connectivity index (χ0v) is 17.7. The van der Waals surface area contributed by atoms with Gasteiger partial charge in [-0.3, -0.25) is 5.32 Å². The highest BCUT2D eigenvalue weighted by Gasteiger charge is 2.40. The van der Waals surface area contributed by atoms with Crippen molar-refractivity contribution in [2.75, 3.05) is 5.32 Å². The smallest absolute Gasteiger partial charge is 0.258 e. The van der Waals surface area contributed by atoms with Gasteiger partial charge in [-0.25, -0.2) is 9.78 Å². The van der Waals surface area contributed by atoms with Gasteiger partial charge in [0.05, 0.1) is 0 Å². The number of carbonyl (C=O) groups is 1. The average molecular weight is 419 g/mol. The van der Waals surface area contributed by atoms with E-state index in [2.05, 4.69) is 41.7 Å². The van der Waals surface area contributed by atoms with Crippen LogP contribution in [0, 0.1) is 0 Å². The number of fused-ring (bicyclic) bond motifs is 1. The predicted octanol–water partition coefficient (Wildman–Crippen LogP) is 5.16. The van der Waals surface area contributed by atoms with E-state index in [0.29, 0.717) is 12.8 Å². The van der Waals surface area contributed by atoms with Gasteiger partial charge in [-0.15, -0.1) is 0 Å². The maximum Gasteiger partial charge on any atom is 0.359 e. The summed E-state index contributed by atoms with van der Waals surface area (Å²) in [5.41, 5.74) is 4.96. The molecular formula is C28H24N3O+. The number of aromatic nitrogens is 2. The first kappa shape index (κ1) is 19.9. The highest BCUT2D eigenvalue weighted by Crippen LogP contribution is 2.24. The van der Waals surface area contributed by atoms with Crippen LogP contribution in [0.1, 0.15) is 28.0 Å². The topological polar surface area (TPSA) is 45.9 Å². The Labute approximate surface area is 187 Å². The highest BCUT2D eigenvalue weighted by atomic mass is 16.2. The Bertz CT molecular complexity index is 1250.